The van der Waals surface area contributed by atoms with Gasteiger partial charge in [-0.25, -0.2) is 0 Å². The van der Waals surface area contributed by atoms with E-state index in [4.69, 9.17) is 5.11 Å². The molecule has 0 fully saturated rings. The molecule has 0 aromatic rings. The maximum Gasteiger partial charge on any atom is 0.389 e. The zero-order valence-corrected chi connectivity index (χ0v) is 16.6. The van der Waals surface area contributed by atoms with Crippen LogP contribution >= 0.6 is 0 Å². The van der Waals surface area contributed by atoms with Gasteiger partial charge in [0, 0.05) is 12.8 Å². The third-order valence-electron chi connectivity index (χ3n) is 4.00. The molecule has 4 N–H and O–H groups in total. The lowest BCUT2D eigenvalue weighted by Crippen LogP contribution is -2.23. The number of carboxylic acid groups (broad SMARTS) is 1. The van der Waals surface area contributed by atoms with E-state index in [2.05, 4.69) is 0 Å². The Labute approximate surface area is 169 Å². The van der Waals surface area contributed by atoms with Gasteiger partial charge in [-0.05, 0) is 32.6 Å². The van der Waals surface area contributed by atoms with Crippen molar-refractivity contribution in [3.8, 4) is 0 Å². The highest BCUT2D eigenvalue weighted by Crippen LogP contribution is 2.23. The van der Waals surface area contributed by atoms with Gasteiger partial charge < -0.3 is 20.4 Å². The summed E-state index contributed by atoms with van der Waals surface area (Å²) in [6.45, 7) is 1.59. The van der Waals surface area contributed by atoms with E-state index in [-0.39, 0.29) is 25.7 Å². The number of alkyl halides is 3. The zero-order chi connectivity index (χ0) is 22.3. The summed E-state index contributed by atoms with van der Waals surface area (Å²) in [5, 5.41) is 38.1. The summed E-state index contributed by atoms with van der Waals surface area (Å²) in [7, 11) is 0. The van der Waals surface area contributed by atoms with E-state index in [9.17, 15) is 33.3 Å². The maximum atomic E-state index is 12.0. The van der Waals surface area contributed by atoms with Crippen LogP contribution in [0.15, 0.2) is 48.6 Å². The highest BCUT2D eigenvalue weighted by molar-refractivity contribution is 5.66. The van der Waals surface area contributed by atoms with Crippen LogP contribution in [0.1, 0.15) is 51.9 Å². The van der Waals surface area contributed by atoms with Crippen molar-refractivity contribution < 1.29 is 38.4 Å². The van der Waals surface area contributed by atoms with E-state index < -0.39 is 36.4 Å². The fraction of sp³-hybridized carbons (Fsp3) is 0.571. The van der Waals surface area contributed by atoms with Crippen molar-refractivity contribution in [1.29, 1.82) is 0 Å². The average molecular weight is 420 g/mol. The van der Waals surface area contributed by atoms with Crippen molar-refractivity contribution >= 4 is 5.97 Å². The Bertz CT molecular complexity index is 577. The molecule has 0 bridgehead atoms. The van der Waals surface area contributed by atoms with Crippen molar-refractivity contribution in [2.45, 2.75) is 75.9 Å². The van der Waals surface area contributed by atoms with Crippen molar-refractivity contribution in [3.63, 3.8) is 0 Å². The molecule has 0 unspecified atom stereocenters. The molecule has 8 heteroatoms. The van der Waals surface area contributed by atoms with E-state index in [1.807, 2.05) is 0 Å². The predicted molar refractivity (Wildman–Crippen MR) is 105 cm³/mol. The number of carboxylic acids is 1. The summed E-state index contributed by atoms with van der Waals surface area (Å²) in [6.07, 6.45) is 6.18. The highest BCUT2D eigenvalue weighted by atomic mass is 19.4. The first kappa shape index (κ1) is 27.1. The van der Waals surface area contributed by atoms with Gasteiger partial charge in [0.15, 0.2) is 0 Å². The second-order valence-electron chi connectivity index (χ2n) is 7.04. The lowest BCUT2D eigenvalue weighted by atomic mass is 9.98. The van der Waals surface area contributed by atoms with Crippen LogP contribution in [0.25, 0.3) is 0 Å². The standard InChI is InChI=1S/C21H31F3O5/c1-20(29,15-10-13-19(27)28)14-8-5-3-2-4-6-11-17(25)18(26)12-7-9-16-21(22,23)24/h2-6,8,11,14,17-18,25-26,29H,7,9-10,12-13,15-16H2,1H3,(H,27,28)/t17-,18+,20-/m1/s1. The van der Waals surface area contributed by atoms with Gasteiger partial charge >= 0.3 is 12.1 Å². The van der Waals surface area contributed by atoms with Crippen LogP contribution in [-0.4, -0.2) is 50.4 Å². The van der Waals surface area contributed by atoms with Gasteiger partial charge in [0.25, 0.3) is 0 Å². The van der Waals surface area contributed by atoms with Gasteiger partial charge in [0.2, 0.25) is 0 Å². The number of hydrogen-bond donors (Lipinski definition) is 4. The quantitative estimate of drug-likeness (QED) is 0.251. The minimum atomic E-state index is -4.20. The molecule has 166 valence electrons. The second-order valence-corrected chi connectivity index (χ2v) is 7.04. The van der Waals surface area contributed by atoms with Gasteiger partial charge in [-0.3, -0.25) is 4.79 Å². The number of carbonyl (C=O) groups is 1. The molecule has 0 radical (unpaired) electrons. The number of aliphatic hydroxyl groups is 3. The monoisotopic (exact) mass is 420 g/mol. The third-order valence-corrected chi connectivity index (χ3v) is 4.00. The number of halogens is 3. The number of aliphatic carboxylic acids is 1. The summed E-state index contributed by atoms with van der Waals surface area (Å²) in [5.74, 6) is -0.901. The maximum absolute atomic E-state index is 12.0. The number of rotatable bonds is 14. The van der Waals surface area contributed by atoms with Crippen molar-refractivity contribution in [3.05, 3.63) is 48.6 Å². The summed E-state index contributed by atoms with van der Waals surface area (Å²) in [4.78, 5) is 10.5. The van der Waals surface area contributed by atoms with Gasteiger partial charge in [0.05, 0.1) is 17.8 Å². The smallest absolute Gasteiger partial charge is 0.389 e. The van der Waals surface area contributed by atoms with E-state index in [1.54, 1.807) is 43.4 Å². The Kier molecular flexibility index (Phi) is 13.2. The Hall–Kier alpha value is -1.90. The van der Waals surface area contributed by atoms with E-state index in [1.165, 1.54) is 12.2 Å². The molecule has 0 spiro atoms. The topological polar surface area (TPSA) is 98.0 Å². The van der Waals surface area contributed by atoms with Crippen molar-refractivity contribution in [1.82, 2.24) is 0 Å². The Morgan fingerprint density at radius 1 is 0.931 bits per heavy atom. The van der Waals surface area contributed by atoms with E-state index >= 15 is 0 Å². The van der Waals surface area contributed by atoms with Gasteiger partial charge in [-0.2, -0.15) is 13.2 Å². The van der Waals surface area contributed by atoms with Gasteiger partial charge in [-0.15, -0.1) is 0 Å². The van der Waals surface area contributed by atoms with Crippen LogP contribution in [0.5, 0.6) is 0 Å². The van der Waals surface area contributed by atoms with Crippen LogP contribution < -0.4 is 0 Å². The Balaban J connectivity index is 4.14. The van der Waals surface area contributed by atoms with Crippen LogP contribution in [0.2, 0.25) is 0 Å². The van der Waals surface area contributed by atoms with Crippen LogP contribution in [-0.2, 0) is 4.79 Å². The van der Waals surface area contributed by atoms with Crippen LogP contribution in [0, 0.1) is 0 Å². The zero-order valence-electron chi connectivity index (χ0n) is 16.6. The van der Waals surface area contributed by atoms with E-state index in [0.717, 1.165) is 0 Å². The van der Waals surface area contributed by atoms with E-state index in [0.29, 0.717) is 12.8 Å². The molecule has 0 aliphatic carbocycles. The molecule has 0 rings (SSSR count). The largest absolute Gasteiger partial charge is 0.481 e. The molecule has 0 heterocycles. The molecule has 29 heavy (non-hydrogen) atoms. The SMILES string of the molecule is C[C@@](O)(C=CC=CC=CC=C[C@@H](O)[C@@H](O)CCCCC(F)(F)F)CCCC(=O)O. The minimum Gasteiger partial charge on any atom is -0.481 e. The summed E-state index contributed by atoms with van der Waals surface area (Å²) < 4.78 is 36.1. The third kappa shape index (κ3) is 17.9. The first-order valence-corrected chi connectivity index (χ1v) is 9.49. The first-order chi connectivity index (χ1) is 13.4. The molecular formula is C21H31F3O5. The fourth-order valence-corrected chi connectivity index (χ4v) is 2.36. The number of aliphatic hydroxyl groups excluding tert-OH is 2. The fourth-order valence-electron chi connectivity index (χ4n) is 2.36. The summed E-state index contributed by atoms with van der Waals surface area (Å²) in [6, 6.07) is 0. The number of hydrogen-bond acceptors (Lipinski definition) is 4. The van der Waals surface area contributed by atoms with Crippen LogP contribution in [0.3, 0.4) is 0 Å². The Morgan fingerprint density at radius 2 is 1.52 bits per heavy atom. The van der Waals surface area contributed by atoms with Crippen molar-refractivity contribution in [2.24, 2.45) is 0 Å². The molecule has 0 aromatic heterocycles. The lowest BCUT2D eigenvalue weighted by Gasteiger charge is -2.17. The molecule has 3 atom stereocenters. The Morgan fingerprint density at radius 3 is 2.10 bits per heavy atom. The molecular weight excluding hydrogens is 389 g/mol. The predicted octanol–water partition coefficient (Wildman–Crippen LogP) is 4.06. The number of unbranched alkanes of at least 4 members (excludes halogenated alkanes) is 1. The normalized spacial score (nSPS) is 17.5. The van der Waals surface area contributed by atoms with Crippen molar-refractivity contribution in [2.75, 3.05) is 0 Å². The highest BCUT2D eigenvalue weighted by Gasteiger charge is 2.26. The second kappa shape index (κ2) is 14.1. The molecule has 0 amide bonds. The molecule has 0 aliphatic rings. The first-order valence-electron chi connectivity index (χ1n) is 9.49. The number of allylic oxidation sites excluding steroid dienone is 6. The molecule has 0 saturated carbocycles. The molecule has 0 saturated heterocycles. The average Bonchev–Trinajstić information content (AvgIpc) is 2.59. The summed E-state index contributed by atoms with van der Waals surface area (Å²) >= 11 is 0. The lowest BCUT2D eigenvalue weighted by molar-refractivity contribution is -0.137. The van der Waals surface area contributed by atoms with Crippen LogP contribution in [0.4, 0.5) is 13.2 Å². The van der Waals surface area contributed by atoms with Gasteiger partial charge in [-0.1, -0.05) is 55.0 Å². The minimum absolute atomic E-state index is 0.00298. The molecule has 0 aliphatic heterocycles. The van der Waals surface area contributed by atoms with Gasteiger partial charge in [0.1, 0.15) is 0 Å². The molecule has 0 aromatic carbocycles. The molecule has 5 nitrogen and oxygen atoms in total. The summed E-state index contributed by atoms with van der Waals surface area (Å²) in [5.41, 5.74) is -1.09.